The van der Waals surface area contributed by atoms with Crippen LogP contribution in [0.15, 0.2) is 22.7 Å². The van der Waals surface area contributed by atoms with E-state index in [4.69, 9.17) is 4.74 Å². The second-order valence-electron chi connectivity index (χ2n) is 6.52. The van der Waals surface area contributed by atoms with Crippen LogP contribution in [-0.4, -0.2) is 17.0 Å². The molecule has 1 aliphatic rings. The topological polar surface area (TPSA) is 26.3 Å². The zero-order valence-corrected chi connectivity index (χ0v) is 13.8. The summed E-state index contributed by atoms with van der Waals surface area (Å²) in [5.41, 5.74) is 1.20. The van der Waals surface area contributed by atoms with Crippen molar-refractivity contribution >= 4 is 21.7 Å². The number of benzene rings is 1. The Morgan fingerprint density at radius 1 is 1.32 bits per heavy atom. The zero-order valence-electron chi connectivity index (χ0n) is 12.2. The molecule has 2 rings (SSSR count). The number of ketones is 1. The number of Topliss-reactive ketones (excluding diaryl/α,β-unsaturated/α-hetero) is 1. The van der Waals surface area contributed by atoms with E-state index in [-0.39, 0.29) is 17.3 Å². The Bertz CT molecular complexity index is 517. The van der Waals surface area contributed by atoms with E-state index in [1.54, 1.807) is 0 Å². The lowest BCUT2D eigenvalue weighted by molar-refractivity contribution is -0.0712. The van der Waals surface area contributed by atoms with Crippen LogP contribution >= 0.6 is 15.9 Å². The van der Waals surface area contributed by atoms with Gasteiger partial charge in [-0.2, -0.15) is 0 Å². The third-order valence-electron chi connectivity index (χ3n) is 3.85. The van der Waals surface area contributed by atoms with Gasteiger partial charge >= 0.3 is 0 Å². The number of aryl methyl sites for hydroxylation is 1. The number of carbonyl (C=O) groups is 1. The van der Waals surface area contributed by atoms with Gasteiger partial charge in [0.1, 0.15) is 0 Å². The highest BCUT2D eigenvalue weighted by atomic mass is 79.9. The molecule has 0 aromatic heterocycles. The van der Waals surface area contributed by atoms with E-state index in [0.29, 0.717) is 0 Å². The molecule has 0 N–H and O–H groups in total. The number of hydrogen-bond acceptors (Lipinski definition) is 2. The van der Waals surface area contributed by atoms with Gasteiger partial charge in [-0.25, -0.2) is 0 Å². The maximum Gasteiger partial charge on any atom is 0.170 e. The fourth-order valence-electron chi connectivity index (χ4n) is 3.00. The molecule has 1 unspecified atom stereocenters. The molecule has 0 spiro atoms. The van der Waals surface area contributed by atoms with Gasteiger partial charge < -0.3 is 4.74 Å². The number of rotatable bonds is 2. The molecule has 0 aliphatic carbocycles. The molecule has 0 amide bonds. The van der Waals surface area contributed by atoms with E-state index in [9.17, 15) is 4.79 Å². The maximum absolute atomic E-state index is 12.8. The first-order valence-corrected chi connectivity index (χ1v) is 7.43. The van der Waals surface area contributed by atoms with E-state index in [1.807, 2.05) is 52.8 Å². The van der Waals surface area contributed by atoms with E-state index in [2.05, 4.69) is 15.9 Å². The molecule has 0 saturated carbocycles. The Kier molecular flexibility index (Phi) is 3.65. The molecule has 1 aromatic rings. The highest BCUT2D eigenvalue weighted by Crippen LogP contribution is 2.44. The van der Waals surface area contributed by atoms with E-state index < -0.39 is 5.60 Å². The molecule has 3 heteroatoms. The van der Waals surface area contributed by atoms with Crippen molar-refractivity contribution in [3.63, 3.8) is 0 Å². The number of halogens is 1. The van der Waals surface area contributed by atoms with Crippen molar-refractivity contribution < 1.29 is 9.53 Å². The van der Waals surface area contributed by atoms with Gasteiger partial charge in [-0.05, 0) is 62.5 Å². The van der Waals surface area contributed by atoms with Crippen LogP contribution in [0.3, 0.4) is 0 Å². The molecule has 1 fully saturated rings. The predicted octanol–water partition coefficient (Wildman–Crippen LogP) is 4.53. The van der Waals surface area contributed by atoms with Crippen molar-refractivity contribution in [2.24, 2.45) is 5.92 Å². The fourth-order valence-corrected chi connectivity index (χ4v) is 3.46. The largest absolute Gasteiger partial charge is 0.369 e. The first-order chi connectivity index (χ1) is 8.64. The molecule has 1 atom stereocenters. The Hall–Kier alpha value is -0.670. The monoisotopic (exact) mass is 324 g/mol. The summed E-state index contributed by atoms with van der Waals surface area (Å²) in [6.07, 6.45) is 0.763. The van der Waals surface area contributed by atoms with Crippen LogP contribution in [0.1, 0.15) is 50.0 Å². The molecule has 1 saturated heterocycles. The average molecular weight is 325 g/mol. The maximum atomic E-state index is 12.8. The summed E-state index contributed by atoms with van der Waals surface area (Å²) in [5.74, 6) is 0.0757. The summed E-state index contributed by atoms with van der Waals surface area (Å²) in [7, 11) is 0. The standard InChI is InChI=1S/C16H21BrO2/c1-10-7-6-8-11(13(10)17)14(18)12-9-15(2,3)19-16(12,4)5/h6-8,12H,9H2,1-5H3. The highest BCUT2D eigenvalue weighted by Gasteiger charge is 2.49. The normalized spacial score (nSPS) is 24.4. The van der Waals surface area contributed by atoms with Crippen LogP contribution < -0.4 is 0 Å². The predicted molar refractivity (Wildman–Crippen MR) is 80.6 cm³/mol. The van der Waals surface area contributed by atoms with Crippen LogP contribution in [0.25, 0.3) is 0 Å². The van der Waals surface area contributed by atoms with Crippen molar-refractivity contribution in [1.82, 2.24) is 0 Å². The molecule has 1 heterocycles. The first-order valence-electron chi connectivity index (χ1n) is 6.63. The lowest BCUT2D eigenvalue weighted by Gasteiger charge is -2.26. The fraction of sp³-hybridized carbons (Fsp3) is 0.562. The van der Waals surface area contributed by atoms with Crippen LogP contribution in [-0.2, 0) is 4.74 Å². The molecule has 0 bridgehead atoms. The van der Waals surface area contributed by atoms with Gasteiger partial charge in [0.05, 0.1) is 17.1 Å². The molecular formula is C16H21BrO2. The first kappa shape index (κ1) is 14.7. The molecule has 1 aromatic carbocycles. The highest BCUT2D eigenvalue weighted by molar-refractivity contribution is 9.10. The Morgan fingerprint density at radius 2 is 1.95 bits per heavy atom. The third kappa shape index (κ3) is 2.77. The zero-order chi connectivity index (χ0) is 14.4. The molecule has 0 radical (unpaired) electrons. The second kappa shape index (κ2) is 4.71. The average Bonchev–Trinajstić information content (AvgIpc) is 2.50. The van der Waals surface area contributed by atoms with Crippen LogP contribution in [0.5, 0.6) is 0 Å². The molecule has 19 heavy (non-hydrogen) atoms. The Morgan fingerprint density at radius 3 is 2.47 bits per heavy atom. The third-order valence-corrected chi connectivity index (χ3v) is 4.90. The minimum Gasteiger partial charge on any atom is -0.369 e. The summed E-state index contributed by atoms with van der Waals surface area (Å²) < 4.78 is 6.93. The molecule has 2 nitrogen and oxygen atoms in total. The number of ether oxygens (including phenoxy) is 1. The van der Waals surface area contributed by atoms with Crippen molar-refractivity contribution in [3.05, 3.63) is 33.8 Å². The van der Waals surface area contributed by atoms with Gasteiger partial charge in [-0.1, -0.05) is 18.2 Å². The van der Waals surface area contributed by atoms with Gasteiger partial charge in [0, 0.05) is 10.0 Å². The van der Waals surface area contributed by atoms with E-state index in [1.165, 1.54) is 0 Å². The molecule has 1 aliphatic heterocycles. The minimum atomic E-state index is -0.413. The summed E-state index contributed by atoms with van der Waals surface area (Å²) in [6, 6.07) is 5.82. The van der Waals surface area contributed by atoms with Crippen molar-refractivity contribution in [1.29, 1.82) is 0 Å². The van der Waals surface area contributed by atoms with Crippen LogP contribution in [0.4, 0.5) is 0 Å². The van der Waals surface area contributed by atoms with Crippen LogP contribution in [0.2, 0.25) is 0 Å². The molecular weight excluding hydrogens is 304 g/mol. The summed E-state index contributed by atoms with van der Waals surface area (Å²) in [5, 5.41) is 0. The minimum absolute atomic E-state index is 0.0967. The number of carbonyl (C=O) groups excluding carboxylic acids is 1. The smallest absolute Gasteiger partial charge is 0.170 e. The summed E-state index contributed by atoms with van der Waals surface area (Å²) >= 11 is 3.53. The van der Waals surface area contributed by atoms with Crippen LogP contribution in [0, 0.1) is 12.8 Å². The van der Waals surface area contributed by atoms with Gasteiger partial charge in [-0.15, -0.1) is 0 Å². The van der Waals surface area contributed by atoms with E-state index in [0.717, 1.165) is 22.0 Å². The van der Waals surface area contributed by atoms with Crippen molar-refractivity contribution in [3.8, 4) is 0 Å². The van der Waals surface area contributed by atoms with Crippen molar-refractivity contribution in [2.45, 2.75) is 52.2 Å². The lowest BCUT2D eigenvalue weighted by atomic mass is 9.81. The van der Waals surface area contributed by atoms with Crippen molar-refractivity contribution in [2.75, 3.05) is 0 Å². The quantitative estimate of drug-likeness (QED) is 0.747. The van der Waals surface area contributed by atoms with Gasteiger partial charge in [0.25, 0.3) is 0 Å². The van der Waals surface area contributed by atoms with Gasteiger partial charge in [-0.3, -0.25) is 4.79 Å². The van der Waals surface area contributed by atoms with E-state index >= 15 is 0 Å². The lowest BCUT2D eigenvalue weighted by Crippen LogP contribution is -2.34. The Balaban J connectivity index is 2.37. The summed E-state index contributed by atoms with van der Waals surface area (Å²) in [4.78, 5) is 12.8. The summed E-state index contributed by atoms with van der Waals surface area (Å²) in [6.45, 7) is 10.1. The Labute approximate surface area is 123 Å². The molecule has 104 valence electrons. The number of hydrogen-bond donors (Lipinski definition) is 0. The van der Waals surface area contributed by atoms with Gasteiger partial charge in [0.2, 0.25) is 0 Å². The second-order valence-corrected chi connectivity index (χ2v) is 7.32. The van der Waals surface area contributed by atoms with Gasteiger partial charge in [0.15, 0.2) is 5.78 Å². The SMILES string of the molecule is Cc1cccc(C(=O)C2CC(C)(C)OC2(C)C)c1Br.